The van der Waals surface area contributed by atoms with Gasteiger partial charge in [-0.3, -0.25) is 0 Å². The summed E-state index contributed by atoms with van der Waals surface area (Å²) in [5.74, 6) is 1.24. The monoisotopic (exact) mass is 284 g/mol. The number of hydrogen-bond acceptors (Lipinski definition) is 3. The smallest absolute Gasteiger partial charge is 0.158 e. The lowest BCUT2D eigenvalue weighted by molar-refractivity contribution is 0.339. The van der Waals surface area contributed by atoms with E-state index in [1.165, 1.54) is 5.56 Å². The Hall–Kier alpha value is -1.03. The average molecular weight is 284 g/mol. The fourth-order valence-electron chi connectivity index (χ4n) is 1.52. The summed E-state index contributed by atoms with van der Waals surface area (Å²) in [4.78, 5) is 0. The first-order chi connectivity index (χ1) is 8.63. The number of ether oxygens (including phenoxy) is 1. The molecule has 19 heavy (non-hydrogen) atoms. The Morgan fingerprint density at radius 1 is 1.11 bits per heavy atom. The highest BCUT2D eigenvalue weighted by atomic mass is 32.2. The van der Waals surface area contributed by atoms with E-state index in [0.717, 1.165) is 0 Å². The Morgan fingerprint density at radius 3 is 2.05 bits per heavy atom. The fourth-order valence-corrected chi connectivity index (χ4v) is 2.44. The van der Waals surface area contributed by atoms with Crippen LogP contribution in [-0.4, -0.2) is 25.5 Å². The van der Waals surface area contributed by atoms with Gasteiger partial charge in [-0.15, -0.1) is 0 Å². The third-order valence-electron chi connectivity index (χ3n) is 3.10. The van der Waals surface area contributed by atoms with Gasteiger partial charge >= 0.3 is 0 Å². The molecule has 0 amide bonds. The summed E-state index contributed by atoms with van der Waals surface area (Å²) in [6, 6.07) is 7.80. The van der Waals surface area contributed by atoms with Crippen LogP contribution in [0.3, 0.4) is 0 Å². The number of benzene rings is 1. The molecule has 0 radical (unpaired) electrons. The minimum Gasteiger partial charge on any atom is -0.493 e. The third-order valence-corrected chi connectivity index (χ3v) is 5.67. The molecule has 0 aromatic heterocycles. The predicted molar refractivity (Wildman–Crippen MR) is 79.6 cm³/mol. The number of rotatable bonds is 5. The Bertz CT molecular complexity index is 493. The van der Waals surface area contributed by atoms with E-state index in [9.17, 15) is 8.42 Å². The largest absolute Gasteiger partial charge is 0.493 e. The molecule has 0 spiro atoms. The summed E-state index contributed by atoms with van der Waals surface area (Å²) in [6.45, 7) is 9.58. The zero-order chi connectivity index (χ0) is 14.7. The van der Waals surface area contributed by atoms with E-state index in [1.807, 2.05) is 24.3 Å². The number of sulfone groups is 1. The standard InChI is InChI=1S/C15H24O3S/c1-12(2)13-6-8-14(9-7-13)18-10-11-19(16,17)15(3,4)5/h6-9,12H,10-11H2,1-5H3. The van der Waals surface area contributed by atoms with Crippen LogP contribution >= 0.6 is 0 Å². The molecule has 4 heteroatoms. The molecule has 0 aliphatic rings. The topological polar surface area (TPSA) is 43.4 Å². The highest BCUT2D eigenvalue weighted by Crippen LogP contribution is 2.19. The SMILES string of the molecule is CC(C)c1ccc(OCCS(=O)(=O)C(C)(C)C)cc1. The summed E-state index contributed by atoms with van der Waals surface area (Å²) >= 11 is 0. The van der Waals surface area contributed by atoms with E-state index in [4.69, 9.17) is 4.74 Å². The van der Waals surface area contributed by atoms with Crippen molar-refractivity contribution in [2.45, 2.75) is 45.3 Å². The molecule has 0 unspecified atom stereocenters. The first-order valence-electron chi connectivity index (χ1n) is 6.58. The lowest BCUT2D eigenvalue weighted by Gasteiger charge is -2.19. The van der Waals surface area contributed by atoms with Gasteiger partial charge in [0, 0.05) is 0 Å². The molecule has 0 atom stereocenters. The van der Waals surface area contributed by atoms with Crippen molar-refractivity contribution in [3.63, 3.8) is 0 Å². The molecule has 108 valence electrons. The minimum absolute atomic E-state index is 0.0441. The van der Waals surface area contributed by atoms with E-state index in [-0.39, 0.29) is 12.4 Å². The fraction of sp³-hybridized carbons (Fsp3) is 0.600. The molecular formula is C15H24O3S. The van der Waals surface area contributed by atoms with Gasteiger partial charge in [0.05, 0.1) is 10.5 Å². The normalized spacial score (nSPS) is 12.7. The van der Waals surface area contributed by atoms with Crippen LogP contribution in [0.2, 0.25) is 0 Å². The van der Waals surface area contributed by atoms with E-state index in [1.54, 1.807) is 20.8 Å². The Balaban J connectivity index is 2.55. The van der Waals surface area contributed by atoms with Crippen molar-refractivity contribution in [1.82, 2.24) is 0 Å². The molecule has 3 nitrogen and oxygen atoms in total. The predicted octanol–water partition coefficient (Wildman–Crippen LogP) is 3.40. The molecular weight excluding hydrogens is 260 g/mol. The highest BCUT2D eigenvalue weighted by molar-refractivity contribution is 7.92. The zero-order valence-corrected chi connectivity index (χ0v) is 13.3. The van der Waals surface area contributed by atoms with Crippen LogP contribution in [0.25, 0.3) is 0 Å². The van der Waals surface area contributed by atoms with Gasteiger partial charge < -0.3 is 4.74 Å². The minimum atomic E-state index is -3.11. The maximum atomic E-state index is 11.9. The molecule has 0 aliphatic carbocycles. The summed E-state index contributed by atoms with van der Waals surface area (Å²) in [7, 11) is -3.11. The van der Waals surface area contributed by atoms with Crippen molar-refractivity contribution in [1.29, 1.82) is 0 Å². The van der Waals surface area contributed by atoms with Crippen molar-refractivity contribution in [3.05, 3.63) is 29.8 Å². The molecule has 1 aromatic rings. The zero-order valence-electron chi connectivity index (χ0n) is 12.4. The molecule has 0 fully saturated rings. The van der Waals surface area contributed by atoms with Gasteiger partial charge in [-0.2, -0.15) is 0 Å². The van der Waals surface area contributed by atoms with Crippen molar-refractivity contribution >= 4 is 9.84 Å². The van der Waals surface area contributed by atoms with Crippen molar-refractivity contribution in [3.8, 4) is 5.75 Å². The van der Waals surface area contributed by atoms with E-state index in [2.05, 4.69) is 13.8 Å². The molecule has 1 aromatic carbocycles. The third kappa shape index (κ3) is 4.53. The molecule has 1 rings (SSSR count). The van der Waals surface area contributed by atoms with Crippen LogP contribution in [0.15, 0.2) is 24.3 Å². The van der Waals surface area contributed by atoms with Gasteiger partial charge in [-0.1, -0.05) is 26.0 Å². The van der Waals surface area contributed by atoms with Crippen LogP contribution < -0.4 is 4.74 Å². The van der Waals surface area contributed by atoms with Crippen LogP contribution in [-0.2, 0) is 9.84 Å². The van der Waals surface area contributed by atoms with Crippen LogP contribution in [0.5, 0.6) is 5.75 Å². The van der Waals surface area contributed by atoms with E-state index < -0.39 is 14.6 Å². The van der Waals surface area contributed by atoms with Crippen LogP contribution in [0, 0.1) is 0 Å². The van der Waals surface area contributed by atoms with Crippen molar-refractivity contribution < 1.29 is 13.2 Å². The van der Waals surface area contributed by atoms with Gasteiger partial charge in [0.1, 0.15) is 12.4 Å². The lowest BCUT2D eigenvalue weighted by atomic mass is 10.0. The first-order valence-corrected chi connectivity index (χ1v) is 8.24. The Kier molecular flexibility index (Phi) is 5.02. The summed E-state index contributed by atoms with van der Waals surface area (Å²) in [5, 5.41) is 0. The van der Waals surface area contributed by atoms with Crippen LogP contribution in [0.4, 0.5) is 0 Å². The molecule has 0 saturated heterocycles. The van der Waals surface area contributed by atoms with Gasteiger partial charge in [-0.25, -0.2) is 8.42 Å². The quantitative estimate of drug-likeness (QED) is 0.832. The number of hydrogen-bond donors (Lipinski definition) is 0. The highest BCUT2D eigenvalue weighted by Gasteiger charge is 2.28. The maximum Gasteiger partial charge on any atom is 0.158 e. The molecule has 0 aliphatic heterocycles. The second kappa shape index (κ2) is 5.95. The van der Waals surface area contributed by atoms with Gasteiger partial charge in [-0.05, 0) is 44.4 Å². The van der Waals surface area contributed by atoms with E-state index in [0.29, 0.717) is 11.7 Å². The first kappa shape index (κ1) is 16.0. The Labute approximate surface area is 116 Å². The van der Waals surface area contributed by atoms with E-state index >= 15 is 0 Å². The average Bonchev–Trinajstić information content (AvgIpc) is 2.28. The molecule has 0 bridgehead atoms. The summed E-state index contributed by atoms with van der Waals surface area (Å²) in [5.41, 5.74) is 1.25. The molecule has 0 heterocycles. The van der Waals surface area contributed by atoms with Crippen molar-refractivity contribution in [2.24, 2.45) is 0 Å². The molecule has 0 saturated carbocycles. The maximum absolute atomic E-state index is 11.9. The second-order valence-corrected chi connectivity index (χ2v) is 8.87. The van der Waals surface area contributed by atoms with Crippen molar-refractivity contribution in [2.75, 3.05) is 12.4 Å². The second-order valence-electron chi connectivity index (χ2n) is 6.00. The summed E-state index contributed by atoms with van der Waals surface area (Å²) in [6.07, 6.45) is 0. The van der Waals surface area contributed by atoms with Gasteiger partial charge in [0.15, 0.2) is 9.84 Å². The Morgan fingerprint density at radius 2 is 1.63 bits per heavy atom. The lowest BCUT2D eigenvalue weighted by Crippen LogP contribution is -2.32. The molecule has 0 N–H and O–H groups in total. The van der Waals surface area contributed by atoms with Crippen LogP contribution in [0.1, 0.15) is 46.1 Å². The van der Waals surface area contributed by atoms with Gasteiger partial charge in [0.2, 0.25) is 0 Å². The summed E-state index contributed by atoms with van der Waals surface area (Å²) < 4.78 is 28.6. The van der Waals surface area contributed by atoms with Gasteiger partial charge in [0.25, 0.3) is 0 Å².